The molecule has 0 N–H and O–H groups in total. The molecule has 8 heavy (non-hydrogen) atoms. The topological polar surface area (TPSA) is 0 Å². The standard InChI is InChI=1S/C3H6S.2C2H6/c1-3(2)4;2*1-2/h1-2H3;2*1-2H3. The van der Waals surface area contributed by atoms with Crippen molar-refractivity contribution in [3.63, 3.8) is 0 Å². The Kier molecular flexibility index (Phi) is 54.0. The molecule has 0 atom stereocenters. The predicted molar refractivity (Wildman–Crippen MR) is 46.6 cm³/mol. The molecule has 0 aliphatic heterocycles. The number of hydrogen-bond donors (Lipinski definition) is 0. The van der Waals surface area contributed by atoms with Crippen LogP contribution in [0, 0.1) is 0 Å². The highest BCUT2D eigenvalue weighted by molar-refractivity contribution is 7.80. The molecule has 52 valence electrons. The van der Waals surface area contributed by atoms with Crippen LogP contribution in [-0.2, 0) is 0 Å². The van der Waals surface area contributed by atoms with Crippen LogP contribution < -0.4 is 0 Å². The largest absolute Gasteiger partial charge is 0.0903 e. The van der Waals surface area contributed by atoms with Gasteiger partial charge >= 0.3 is 0 Å². The van der Waals surface area contributed by atoms with E-state index in [4.69, 9.17) is 0 Å². The summed E-state index contributed by atoms with van der Waals surface area (Å²) in [5.74, 6) is 0. The number of hydrogen-bond acceptors (Lipinski definition) is 1. The maximum Gasteiger partial charge on any atom is -0.0133 e. The molecule has 0 aromatic rings. The lowest BCUT2D eigenvalue weighted by atomic mass is 10.6. The van der Waals surface area contributed by atoms with E-state index >= 15 is 0 Å². The lowest BCUT2D eigenvalue weighted by molar-refractivity contribution is 1.50. The maximum absolute atomic E-state index is 4.54. The number of thiocarbonyl (C=S) groups is 1. The fourth-order valence-electron chi connectivity index (χ4n) is 0. The fourth-order valence-corrected chi connectivity index (χ4v) is 0. The Morgan fingerprint density at radius 3 is 0.875 bits per heavy atom. The van der Waals surface area contributed by atoms with E-state index in [1.54, 1.807) is 0 Å². The molecule has 0 spiro atoms. The first kappa shape index (κ1) is 15.7. The summed E-state index contributed by atoms with van der Waals surface area (Å²) in [5.41, 5.74) is 0. The minimum Gasteiger partial charge on any atom is -0.0903 e. The molecule has 0 aliphatic carbocycles. The normalized spacial score (nSPS) is 4.75. The van der Waals surface area contributed by atoms with Gasteiger partial charge in [0.2, 0.25) is 0 Å². The zero-order valence-corrected chi connectivity index (χ0v) is 7.72. The van der Waals surface area contributed by atoms with Gasteiger partial charge in [-0.3, -0.25) is 0 Å². The first-order valence-electron chi connectivity index (χ1n) is 3.20. The third-order valence-corrected chi connectivity index (χ3v) is 0. The molecule has 0 saturated carbocycles. The smallest absolute Gasteiger partial charge is 0.0133 e. The summed E-state index contributed by atoms with van der Waals surface area (Å²) in [6.45, 7) is 11.8. The van der Waals surface area contributed by atoms with E-state index < -0.39 is 0 Å². The van der Waals surface area contributed by atoms with Gasteiger partial charge in [0.15, 0.2) is 0 Å². The first-order valence-corrected chi connectivity index (χ1v) is 3.61. The highest BCUT2D eigenvalue weighted by Gasteiger charge is 1.55. The van der Waals surface area contributed by atoms with Crippen LogP contribution in [0.3, 0.4) is 0 Å². The second-order valence-electron chi connectivity index (χ2n) is 0.908. The summed E-state index contributed by atoms with van der Waals surface area (Å²) in [6, 6.07) is 0. The molecule has 0 bridgehead atoms. The molecule has 0 unspecified atom stereocenters. The average Bonchev–Trinajstić information content (AvgIpc) is 1.75. The van der Waals surface area contributed by atoms with E-state index in [0.29, 0.717) is 0 Å². The van der Waals surface area contributed by atoms with E-state index in [-0.39, 0.29) is 0 Å². The zero-order chi connectivity index (χ0) is 7.58. The van der Waals surface area contributed by atoms with E-state index in [1.807, 2.05) is 41.5 Å². The molecule has 1 heteroatoms. The Bertz CT molecular complexity index is 27.4. The molecule has 0 heterocycles. The Labute approximate surface area is 59.3 Å². The van der Waals surface area contributed by atoms with Gasteiger partial charge in [0.25, 0.3) is 0 Å². The van der Waals surface area contributed by atoms with Gasteiger partial charge in [0.05, 0.1) is 0 Å². The summed E-state index contributed by atoms with van der Waals surface area (Å²) in [6.07, 6.45) is 0. The van der Waals surface area contributed by atoms with Crippen molar-refractivity contribution in [3.05, 3.63) is 0 Å². The van der Waals surface area contributed by atoms with Crippen molar-refractivity contribution in [2.24, 2.45) is 0 Å². The van der Waals surface area contributed by atoms with Crippen molar-refractivity contribution in [2.45, 2.75) is 41.5 Å². The molecule has 0 rings (SSSR count). The monoisotopic (exact) mass is 134 g/mol. The molecule has 0 radical (unpaired) electrons. The molecule has 0 saturated heterocycles. The Morgan fingerprint density at radius 2 is 0.875 bits per heavy atom. The Balaban J connectivity index is -0.0000000542. The van der Waals surface area contributed by atoms with Crippen LogP contribution in [0.1, 0.15) is 41.5 Å². The molecule has 0 fully saturated rings. The maximum atomic E-state index is 4.54. The molecule has 0 nitrogen and oxygen atoms in total. The summed E-state index contributed by atoms with van der Waals surface area (Å²) in [7, 11) is 0. The van der Waals surface area contributed by atoms with E-state index in [1.165, 1.54) is 0 Å². The van der Waals surface area contributed by atoms with Crippen molar-refractivity contribution in [2.75, 3.05) is 0 Å². The Morgan fingerprint density at radius 1 is 0.875 bits per heavy atom. The van der Waals surface area contributed by atoms with Crippen molar-refractivity contribution in [1.82, 2.24) is 0 Å². The van der Waals surface area contributed by atoms with Gasteiger partial charge in [-0.1, -0.05) is 39.9 Å². The first-order chi connectivity index (χ1) is 3.73. The fraction of sp³-hybridized carbons (Fsp3) is 0.857. The third kappa shape index (κ3) is 19500. The molecular weight excluding hydrogens is 116 g/mol. The van der Waals surface area contributed by atoms with Crippen LogP contribution in [0.2, 0.25) is 0 Å². The van der Waals surface area contributed by atoms with Crippen molar-refractivity contribution < 1.29 is 0 Å². The molecule has 0 amide bonds. The van der Waals surface area contributed by atoms with Gasteiger partial charge in [-0.2, -0.15) is 0 Å². The highest BCUT2D eigenvalue weighted by Crippen LogP contribution is 1.61. The molecular formula is C7H18S. The SMILES string of the molecule is CC.CC.CC(C)=S. The average molecular weight is 134 g/mol. The highest BCUT2D eigenvalue weighted by atomic mass is 32.1. The van der Waals surface area contributed by atoms with Crippen LogP contribution in [0.5, 0.6) is 0 Å². The van der Waals surface area contributed by atoms with Crippen molar-refractivity contribution >= 4 is 17.1 Å². The predicted octanol–water partition coefficient (Wildman–Crippen LogP) is 3.45. The molecule has 0 aromatic carbocycles. The van der Waals surface area contributed by atoms with E-state index in [0.717, 1.165) is 4.86 Å². The van der Waals surface area contributed by atoms with Gasteiger partial charge in [-0.05, 0) is 18.7 Å². The lowest BCUT2D eigenvalue weighted by Crippen LogP contribution is -1.63. The van der Waals surface area contributed by atoms with Gasteiger partial charge in [-0.25, -0.2) is 0 Å². The van der Waals surface area contributed by atoms with Crippen LogP contribution in [-0.4, -0.2) is 4.86 Å². The number of rotatable bonds is 0. The van der Waals surface area contributed by atoms with Gasteiger partial charge in [-0.15, -0.1) is 0 Å². The zero-order valence-electron chi connectivity index (χ0n) is 6.91. The third-order valence-electron chi connectivity index (χ3n) is 0. The van der Waals surface area contributed by atoms with Crippen LogP contribution in [0.15, 0.2) is 0 Å². The minimum atomic E-state index is 1.00. The van der Waals surface area contributed by atoms with E-state index in [9.17, 15) is 0 Å². The van der Waals surface area contributed by atoms with Gasteiger partial charge in [0, 0.05) is 0 Å². The van der Waals surface area contributed by atoms with Gasteiger partial charge < -0.3 is 0 Å². The molecule has 0 aromatic heterocycles. The van der Waals surface area contributed by atoms with Gasteiger partial charge in [0.1, 0.15) is 0 Å². The summed E-state index contributed by atoms with van der Waals surface area (Å²) in [5, 5.41) is 0. The van der Waals surface area contributed by atoms with Crippen LogP contribution >= 0.6 is 12.2 Å². The van der Waals surface area contributed by atoms with Crippen molar-refractivity contribution in [3.8, 4) is 0 Å². The van der Waals surface area contributed by atoms with Crippen molar-refractivity contribution in [1.29, 1.82) is 0 Å². The summed E-state index contributed by atoms with van der Waals surface area (Å²) >= 11 is 4.54. The Hall–Kier alpha value is 0.0900. The molecule has 0 aliphatic rings. The summed E-state index contributed by atoms with van der Waals surface area (Å²) < 4.78 is 0. The quantitative estimate of drug-likeness (QED) is 0.457. The van der Waals surface area contributed by atoms with E-state index in [2.05, 4.69) is 12.2 Å². The van der Waals surface area contributed by atoms with Crippen LogP contribution in [0.25, 0.3) is 0 Å². The lowest BCUT2D eigenvalue weighted by Gasteiger charge is -1.61. The van der Waals surface area contributed by atoms with Crippen LogP contribution in [0.4, 0.5) is 0 Å². The second kappa shape index (κ2) is 27.5. The summed E-state index contributed by atoms with van der Waals surface area (Å²) in [4.78, 5) is 1.00. The second-order valence-corrected chi connectivity index (χ2v) is 1.72. The minimum absolute atomic E-state index is 1.00.